The fourth-order valence-electron chi connectivity index (χ4n) is 2.51. The van der Waals surface area contributed by atoms with Crippen molar-refractivity contribution in [2.45, 2.75) is 24.7 Å². The molecule has 0 aliphatic carbocycles. The first kappa shape index (κ1) is 21.9. The monoisotopic (exact) mass is 432 g/mol. The van der Waals surface area contributed by atoms with Gasteiger partial charge < -0.3 is 0 Å². The van der Waals surface area contributed by atoms with E-state index < -0.39 is 10.1 Å². The normalized spacial score (nSPS) is 11.2. The Hall–Kier alpha value is -0.380. The maximum absolute atomic E-state index is 11.1. The zero-order valence-electron chi connectivity index (χ0n) is 13.4. The van der Waals surface area contributed by atoms with Gasteiger partial charge in [0.15, 0.2) is 0 Å². The van der Waals surface area contributed by atoms with Crippen LogP contribution in [0.3, 0.4) is 0 Å². The van der Waals surface area contributed by atoms with Gasteiger partial charge in [0.05, 0.1) is 9.77 Å². The molecule has 2 aromatic carbocycles. The summed E-state index contributed by atoms with van der Waals surface area (Å²) in [5.74, 6) is 0. The summed E-state index contributed by atoms with van der Waals surface area (Å²) in [5, 5.41) is 0. The summed E-state index contributed by atoms with van der Waals surface area (Å²) in [5.41, 5.74) is 4.59. The van der Waals surface area contributed by atoms with Gasteiger partial charge in [-0.3, -0.25) is 4.55 Å². The van der Waals surface area contributed by atoms with Crippen LogP contribution >= 0.6 is 32.9 Å². The molecule has 132 valence electrons. The predicted octanol–water partition coefficient (Wildman–Crippen LogP) is 4.90. The third kappa shape index (κ3) is 5.33. The van der Waals surface area contributed by atoms with Crippen LogP contribution in [0.25, 0.3) is 10.4 Å². The molecular formula is C18H17NaO3S4. The predicted molar refractivity (Wildman–Crippen MR) is 114 cm³/mol. The summed E-state index contributed by atoms with van der Waals surface area (Å²) >= 11 is 5.50. The zero-order chi connectivity index (χ0) is 18.0. The van der Waals surface area contributed by atoms with Crippen molar-refractivity contribution in [2.24, 2.45) is 0 Å². The molecule has 0 aliphatic heterocycles. The molecule has 0 aliphatic rings. The van der Waals surface area contributed by atoms with Gasteiger partial charge in [-0.1, -0.05) is 74.9 Å². The van der Waals surface area contributed by atoms with E-state index in [0.29, 0.717) is 0 Å². The molecule has 1 heterocycles. The number of benzene rings is 2. The molecule has 3 nitrogen and oxygen atoms in total. The number of rotatable bonds is 5. The first-order valence-corrected chi connectivity index (χ1v) is 11.6. The van der Waals surface area contributed by atoms with Crippen LogP contribution in [0.4, 0.5) is 0 Å². The molecule has 3 aromatic rings. The second-order valence-corrected chi connectivity index (χ2v) is 9.98. The third-order valence-electron chi connectivity index (χ3n) is 3.92. The molecule has 3 rings (SSSR count). The minimum absolute atomic E-state index is 0. The molecule has 0 fully saturated rings. The Balaban J connectivity index is 0.00000243. The van der Waals surface area contributed by atoms with Crippen molar-refractivity contribution in [3.63, 3.8) is 0 Å². The van der Waals surface area contributed by atoms with Crippen molar-refractivity contribution >= 4 is 72.6 Å². The van der Waals surface area contributed by atoms with Crippen LogP contribution < -0.4 is 0 Å². The summed E-state index contributed by atoms with van der Waals surface area (Å²) in [6.45, 7) is 2.07. The molecule has 0 spiro atoms. The van der Waals surface area contributed by atoms with Crippen molar-refractivity contribution in [3.8, 4) is 10.4 Å². The van der Waals surface area contributed by atoms with Gasteiger partial charge in [-0.2, -0.15) is 8.42 Å². The number of aryl methyl sites for hydroxylation is 2. The van der Waals surface area contributed by atoms with E-state index in [2.05, 4.69) is 31.2 Å². The van der Waals surface area contributed by atoms with E-state index in [4.69, 9.17) is 16.8 Å². The topological polar surface area (TPSA) is 54.4 Å². The van der Waals surface area contributed by atoms with Crippen molar-refractivity contribution in [3.05, 3.63) is 69.0 Å². The maximum atomic E-state index is 11.1. The van der Waals surface area contributed by atoms with Crippen LogP contribution in [0.5, 0.6) is 0 Å². The quantitative estimate of drug-likeness (QED) is 0.270. The Bertz CT molecular complexity index is 1030. The van der Waals surface area contributed by atoms with E-state index in [1.807, 2.05) is 0 Å². The van der Waals surface area contributed by atoms with E-state index in [-0.39, 0.29) is 34.5 Å². The van der Waals surface area contributed by atoms with E-state index in [0.717, 1.165) is 22.2 Å². The zero-order valence-corrected chi connectivity index (χ0v) is 16.7. The van der Waals surface area contributed by atoms with Crippen LogP contribution in [0.15, 0.2) is 53.4 Å². The molecule has 0 saturated carbocycles. The first-order chi connectivity index (χ1) is 11.8. The molecule has 1 N–H and O–H groups in total. The van der Waals surface area contributed by atoms with Crippen LogP contribution in [-0.2, 0) is 23.0 Å². The van der Waals surface area contributed by atoms with Gasteiger partial charge in [-0.25, -0.2) is 0 Å². The Kier molecular flexibility index (Phi) is 7.76. The van der Waals surface area contributed by atoms with Crippen LogP contribution in [-0.4, -0.2) is 42.5 Å². The van der Waals surface area contributed by atoms with Gasteiger partial charge in [-0.15, -0.1) is 0 Å². The van der Waals surface area contributed by atoms with Crippen LogP contribution in [0.1, 0.15) is 16.7 Å². The second kappa shape index (κ2) is 9.21. The molecule has 8 heteroatoms. The summed E-state index contributed by atoms with van der Waals surface area (Å²) in [6, 6.07) is 14.7. The molecule has 0 atom stereocenters. The van der Waals surface area contributed by atoms with Gasteiger partial charge in [0.1, 0.15) is 3.82 Å². The van der Waals surface area contributed by atoms with Crippen molar-refractivity contribution in [1.29, 1.82) is 0 Å². The SMILES string of the molecule is Cc1ccc(-c2ssc(=S)c2CCc2ccc(S(=O)(=O)O)cc2)cc1.[NaH]. The van der Waals surface area contributed by atoms with Crippen molar-refractivity contribution < 1.29 is 13.0 Å². The molecule has 0 bridgehead atoms. The molecule has 1 aromatic heterocycles. The van der Waals surface area contributed by atoms with E-state index in [1.165, 1.54) is 33.7 Å². The molecule has 0 saturated heterocycles. The Morgan fingerprint density at radius 3 is 2.15 bits per heavy atom. The van der Waals surface area contributed by atoms with E-state index >= 15 is 0 Å². The first-order valence-electron chi connectivity index (χ1n) is 7.60. The molecule has 0 radical (unpaired) electrons. The third-order valence-corrected chi connectivity index (χ3v) is 7.98. The Labute approximate surface area is 188 Å². The summed E-state index contributed by atoms with van der Waals surface area (Å²) in [6.07, 6.45) is 1.56. The van der Waals surface area contributed by atoms with Crippen molar-refractivity contribution in [2.75, 3.05) is 0 Å². The van der Waals surface area contributed by atoms with Crippen molar-refractivity contribution in [1.82, 2.24) is 0 Å². The summed E-state index contributed by atoms with van der Waals surface area (Å²) < 4.78 is 32.2. The number of hydrogen-bond donors (Lipinski definition) is 1. The fourth-order valence-corrected chi connectivity index (χ4v) is 6.00. The van der Waals surface area contributed by atoms with Gasteiger partial charge in [-0.05, 0) is 43.0 Å². The average molecular weight is 433 g/mol. The van der Waals surface area contributed by atoms with Crippen LogP contribution in [0, 0.1) is 10.7 Å². The molecule has 26 heavy (non-hydrogen) atoms. The fraction of sp³-hybridized carbons (Fsp3) is 0.167. The van der Waals surface area contributed by atoms with Crippen LogP contribution in [0.2, 0.25) is 0 Å². The molecule has 0 unspecified atom stereocenters. The molecule has 0 amide bonds. The molecular weight excluding hydrogens is 415 g/mol. The van der Waals surface area contributed by atoms with E-state index in [9.17, 15) is 8.42 Å². The second-order valence-electron chi connectivity index (χ2n) is 5.75. The average Bonchev–Trinajstić information content (AvgIpc) is 2.94. The summed E-state index contributed by atoms with van der Waals surface area (Å²) in [4.78, 5) is 1.13. The summed E-state index contributed by atoms with van der Waals surface area (Å²) in [7, 11) is -0.828. The van der Waals surface area contributed by atoms with Gasteiger partial charge in [0, 0.05) is 5.56 Å². The standard InChI is InChI=1S/C18H16O3S4.Na.H/c1-12-2-7-14(8-3-12)17-16(18(22)24-23-17)11-6-13-4-9-15(10-5-13)25(19,20)21;;/h2-5,7-10H,6,11H2,1H3,(H,19,20,21);;. The Morgan fingerprint density at radius 2 is 1.58 bits per heavy atom. The van der Waals surface area contributed by atoms with Gasteiger partial charge in [0.2, 0.25) is 0 Å². The Morgan fingerprint density at radius 1 is 0.962 bits per heavy atom. The minimum atomic E-state index is -4.14. The number of hydrogen-bond acceptors (Lipinski definition) is 5. The van der Waals surface area contributed by atoms with E-state index in [1.54, 1.807) is 32.8 Å². The van der Waals surface area contributed by atoms with Gasteiger partial charge >= 0.3 is 29.6 Å². The van der Waals surface area contributed by atoms with Gasteiger partial charge in [0.25, 0.3) is 10.1 Å².